The van der Waals surface area contributed by atoms with Crippen LogP contribution in [0.15, 0.2) is 63.9 Å². The number of benzene rings is 2. The van der Waals surface area contributed by atoms with Gasteiger partial charge in [0, 0.05) is 17.3 Å². The fourth-order valence-electron chi connectivity index (χ4n) is 3.26. The van der Waals surface area contributed by atoms with Crippen LogP contribution in [0, 0.1) is 6.92 Å². The molecule has 172 valence electrons. The minimum absolute atomic E-state index is 0.0303. The van der Waals surface area contributed by atoms with Gasteiger partial charge in [0.25, 0.3) is 11.1 Å². The molecule has 2 N–H and O–H groups in total. The van der Waals surface area contributed by atoms with E-state index in [1.807, 2.05) is 13.0 Å². The first kappa shape index (κ1) is 23.3. The SMILES string of the molecule is Cc1cccc(NC(=O)CN2C(=O)S/C(=C\c3ccc(-c4ccc(C(=O)O)c(Cl)c4)o3)C2=O)c1. The summed E-state index contributed by atoms with van der Waals surface area (Å²) in [5, 5.41) is 11.3. The maximum Gasteiger partial charge on any atom is 0.337 e. The molecule has 1 fully saturated rings. The number of halogens is 1. The van der Waals surface area contributed by atoms with Crippen LogP contribution in [0.1, 0.15) is 21.7 Å². The van der Waals surface area contributed by atoms with Crippen molar-refractivity contribution in [1.82, 2.24) is 4.90 Å². The van der Waals surface area contributed by atoms with E-state index in [9.17, 15) is 19.2 Å². The molecule has 4 rings (SSSR count). The fraction of sp³-hybridized carbons (Fsp3) is 0.0833. The Morgan fingerprint density at radius 1 is 1.15 bits per heavy atom. The molecular weight excluding hydrogens is 480 g/mol. The number of carboxylic acid groups (broad SMARTS) is 1. The molecule has 0 bridgehead atoms. The highest BCUT2D eigenvalue weighted by molar-refractivity contribution is 8.18. The van der Waals surface area contributed by atoms with Crippen LogP contribution >= 0.6 is 23.4 Å². The van der Waals surface area contributed by atoms with Crippen LogP contribution in [-0.2, 0) is 9.59 Å². The zero-order valence-corrected chi connectivity index (χ0v) is 19.3. The summed E-state index contributed by atoms with van der Waals surface area (Å²) in [7, 11) is 0. The van der Waals surface area contributed by atoms with Crippen LogP contribution in [0.3, 0.4) is 0 Å². The van der Waals surface area contributed by atoms with Gasteiger partial charge in [-0.15, -0.1) is 0 Å². The quantitative estimate of drug-likeness (QED) is 0.446. The number of rotatable bonds is 6. The molecule has 8 nitrogen and oxygen atoms in total. The molecule has 2 heterocycles. The summed E-state index contributed by atoms with van der Waals surface area (Å²) < 4.78 is 5.72. The van der Waals surface area contributed by atoms with E-state index in [1.165, 1.54) is 18.2 Å². The molecule has 0 saturated carbocycles. The molecule has 34 heavy (non-hydrogen) atoms. The van der Waals surface area contributed by atoms with Crippen molar-refractivity contribution in [2.45, 2.75) is 6.92 Å². The van der Waals surface area contributed by atoms with Crippen molar-refractivity contribution < 1.29 is 28.7 Å². The lowest BCUT2D eigenvalue weighted by molar-refractivity contribution is -0.127. The highest BCUT2D eigenvalue weighted by Crippen LogP contribution is 2.34. The van der Waals surface area contributed by atoms with Crippen LogP contribution in [-0.4, -0.2) is 39.6 Å². The Hall–Kier alpha value is -3.82. The molecule has 3 aromatic rings. The predicted octanol–water partition coefficient (Wildman–Crippen LogP) is 5.28. The largest absolute Gasteiger partial charge is 0.478 e. The number of imide groups is 1. The third-order valence-electron chi connectivity index (χ3n) is 4.86. The Morgan fingerprint density at radius 3 is 2.65 bits per heavy atom. The first-order valence-electron chi connectivity index (χ1n) is 9.96. The van der Waals surface area contributed by atoms with Crippen molar-refractivity contribution in [3.63, 3.8) is 0 Å². The number of amides is 3. The van der Waals surface area contributed by atoms with Gasteiger partial charge >= 0.3 is 5.97 Å². The van der Waals surface area contributed by atoms with Crippen molar-refractivity contribution in [2.24, 2.45) is 0 Å². The van der Waals surface area contributed by atoms with Gasteiger partial charge in [-0.1, -0.05) is 29.8 Å². The molecular formula is C24H17ClN2O6S. The zero-order valence-electron chi connectivity index (χ0n) is 17.7. The van der Waals surface area contributed by atoms with Gasteiger partial charge in [-0.05, 0) is 60.6 Å². The number of anilines is 1. The normalized spacial score (nSPS) is 14.6. The van der Waals surface area contributed by atoms with E-state index in [1.54, 1.807) is 36.4 Å². The molecule has 0 spiro atoms. The molecule has 1 aliphatic heterocycles. The minimum Gasteiger partial charge on any atom is -0.478 e. The number of hydrogen-bond donors (Lipinski definition) is 2. The second-order valence-corrected chi connectivity index (χ2v) is 8.79. The number of nitrogens with zero attached hydrogens (tertiary/aromatic N) is 1. The maximum absolute atomic E-state index is 12.7. The number of nitrogens with one attached hydrogen (secondary N) is 1. The Balaban J connectivity index is 1.46. The summed E-state index contributed by atoms with van der Waals surface area (Å²) in [6.07, 6.45) is 1.42. The smallest absolute Gasteiger partial charge is 0.337 e. The van der Waals surface area contributed by atoms with Crippen molar-refractivity contribution in [3.05, 3.63) is 81.4 Å². The summed E-state index contributed by atoms with van der Waals surface area (Å²) >= 11 is 6.72. The first-order chi connectivity index (χ1) is 16.2. The van der Waals surface area contributed by atoms with Gasteiger partial charge in [0.1, 0.15) is 18.1 Å². The van der Waals surface area contributed by atoms with Gasteiger partial charge in [-0.2, -0.15) is 0 Å². The van der Waals surface area contributed by atoms with Crippen molar-refractivity contribution in [3.8, 4) is 11.3 Å². The van der Waals surface area contributed by atoms with Crippen molar-refractivity contribution in [2.75, 3.05) is 11.9 Å². The van der Waals surface area contributed by atoms with E-state index in [0.29, 0.717) is 34.5 Å². The molecule has 0 unspecified atom stereocenters. The summed E-state index contributed by atoms with van der Waals surface area (Å²) in [6.45, 7) is 1.48. The third-order valence-corrected chi connectivity index (χ3v) is 6.08. The van der Waals surface area contributed by atoms with Gasteiger partial charge in [-0.25, -0.2) is 4.79 Å². The second kappa shape index (κ2) is 9.58. The van der Waals surface area contributed by atoms with E-state index < -0.39 is 29.6 Å². The van der Waals surface area contributed by atoms with Gasteiger partial charge < -0.3 is 14.8 Å². The highest BCUT2D eigenvalue weighted by atomic mass is 35.5. The lowest BCUT2D eigenvalue weighted by Gasteiger charge is -2.12. The molecule has 3 amide bonds. The van der Waals surface area contributed by atoms with Gasteiger partial charge in [0.05, 0.1) is 15.5 Å². The van der Waals surface area contributed by atoms with Crippen LogP contribution in [0.5, 0.6) is 0 Å². The van der Waals surface area contributed by atoms with E-state index in [0.717, 1.165) is 10.5 Å². The van der Waals surface area contributed by atoms with Crippen molar-refractivity contribution in [1.29, 1.82) is 0 Å². The zero-order chi connectivity index (χ0) is 24.4. The Kier molecular flexibility index (Phi) is 6.58. The summed E-state index contributed by atoms with van der Waals surface area (Å²) in [5.41, 5.74) is 2.06. The van der Waals surface area contributed by atoms with Gasteiger partial charge in [0.2, 0.25) is 5.91 Å². The molecule has 2 aromatic carbocycles. The number of carboxylic acids is 1. The highest BCUT2D eigenvalue weighted by Gasteiger charge is 2.36. The number of aryl methyl sites for hydroxylation is 1. The topological polar surface area (TPSA) is 117 Å². The average Bonchev–Trinajstić information content (AvgIpc) is 3.34. The number of aromatic carboxylic acids is 1. The standard InChI is InChI=1S/C24H17ClN2O6S/c1-13-3-2-4-15(9-13)26-21(28)12-27-22(29)20(34-24(27)32)11-16-6-8-19(33-16)14-5-7-17(23(30)31)18(25)10-14/h2-11H,12H2,1H3,(H,26,28)(H,30,31)/b20-11-. The molecule has 0 atom stereocenters. The summed E-state index contributed by atoms with van der Waals surface area (Å²) in [6, 6.07) is 14.8. The van der Waals surface area contributed by atoms with Crippen molar-refractivity contribution >= 4 is 58.1 Å². The minimum atomic E-state index is -1.14. The number of hydrogen-bond acceptors (Lipinski definition) is 6. The predicted molar refractivity (Wildman–Crippen MR) is 129 cm³/mol. The van der Waals surface area contributed by atoms with Crippen LogP contribution < -0.4 is 5.32 Å². The number of carbonyl (C=O) groups excluding carboxylic acids is 3. The Morgan fingerprint density at radius 2 is 1.94 bits per heavy atom. The molecule has 0 aliphatic carbocycles. The van der Waals surface area contributed by atoms with E-state index in [4.69, 9.17) is 21.1 Å². The van der Waals surface area contributed by atoms with Crippen LogP contribution in [0.2, 0.25) is 5.02 Å². The van der Waals surface area contributed by atoms with Gasteiger partial charge in [-0.3, -0.25) is 19.3 Å². The van der Waals surface area contributed by atoms with Crippen LogP contribution in [0.25, 0.3) is 17.4 Å². The first-order valence-corrected chi connectivity index (χ1v) is 11.2. The van der Waals surface area contributed by atoms with Crippen LogP contribution in [0.4, 0.5) is 10.5 Å². The molecule has 1 saturated heterocycles. The monoisotopic (exact) mass is 496 g/mol. The molecule has 1 aliphatic rings. The van der Waals surface area contributed by atoms with E-state index in [2.05, 4.69) is 5.32 Å². The maximum atomic E-state index is 12.7. The fourth-order valence-corrected chi connectivity index (χ4v) is 4.34. The summed E-state index contributed by atoms with van der Waals surface area (Å²) in [5.74, 6) is -1.51. The second-order valence-electron chi connectivity index (χ2n) is 7.39. The van der Waals surface area contributed by atoms with E-state index >= 15 is 0 Å². The third kappa shape index (κ3) is 5.05. The molecule has 1 aromatic heterocycles. The lowest BCUT2D eigenvalue weighted by atomic mass is 10.1. The Bertz CT molecular complexity index is 1360. The lowest BCUT2D eigenvalue weighted by Crippen LogP contribution is -2.36. The average molecular weight is 497 g/mol. The summed E-state index contributed by atoms with van der Waals surface area (Å²) in [4.78, 5) is 49.5. The number of furan rings is 1. The van der Waals surface area contributed by atoms with E-state index in [-0.39, 0.29) is 15.5 Å². The molecule has 0 radical (unpaired) electrons. The Labute approximate surface area is 203 Å². The number of carbonyl (C=O) groups is 4. The van der Waals surface area contributed by atoms with Gasteiger partial charge in [0.15, 0.2) is 0 Å². The number of thioether (sulfide) groups is 1. The molecule has 10 heteroatoms.